The summed E-state index contributed by atoms with van der Waals surface area (Å²) in [6.07, 6.45) is 9.26. The quantitative estimate of drug-likeness (QED) is 0.637. The second-order valence-corrected chi connectivity index (χ2v) is 8.23. The summed E-state index contributed by atoms with van der Waals surface area (Å²) in [7, 11) is 0. The molecule has 1 aliphatic carbocycles. The van der Waals surface area contributed by atoms with Crippen molar-refractivity contribution >= 4 is 11.8 Å². The predicted octanol–water partition coefficient (Wildman–Crippen LogP) is 0.830. The normalized spacial score (nSPS) is 35.7. The van der Waals surface area contributed by atoms with E-state index in [0.717, 1.165) is 51.7 Å². The maximum Gasteiger partial charge on any atom is 0.230 e. The number of ether oxygens (including phenoxy) is 1. The summed E-state index contributed by atoms with van der Waals surface area (Å²) in [5.74, 6) is 0.359. The molecule has 2 unspecified atom stereocenters. The fourth-order valence-electron chi connectivity index (χ4n) is 4.64. The van der Waals surface area contributed by atoms with E-state index in [4.69, 9.17) is 4.74 Å². The van der Waals surface area contributed by atoms with E-state index in [9.17, 15) is 9.59 Å². The van der Waals surface area contributed by atoms with Gasteiger partial charge in [-0.05, 0) is 38.6 Å². The van der Waals surface area contributed by atoms with Crippen LogP contribution in [0.1, 0.15) is 38.5 Å². The minimum atomic E-state index is -0.328. The van der Waals surface area contributed by atoms with Gasteiger partial charge in [-0.15, -0.1) is 0 Å². The van der Waals surface area contributed by atoms with Gasteiger partial charge in [0, 0.05) is 38.1 Å². The summed E-state index contributed by atoms with van der Waals surface area (Å²) in [4.78, 5) is 27.7. The molecular weight excluding hydrogens is 318 g/mol. The van der Waals surface area contributed by atoms with Crippen LogP contribution in [0.2, 0.25) is 0 Å². The summed E-state index contributed by atoms with van der Waals surface area (Å²) in [6.45, 7) is 4.28. The van der Waals surface area contributed by atoms with Crippen LogP contribution in [0.15, 0.2) is 12.2 Å². The first-order valence-electron chi connectivity index (χ1n) is 9.66. The number of hydrogen-bond donors (Lipinski definition) is 2. The summed E-state index contributed by atoms with van der Waals surface area (Å²) >= 11 is 0. The molecule has 2 saturated heterocycles. The van der Waals surface area contributed by atoms with Crippen molar-refractivity contribution in [2.75, 3.05) is 39.4 Å². The van der Waals surface area contributed by atoms with Crippen LogP contribution in [0.4, 0.5) is 0 Å². The molecule has 2 spiro atoms. The van der Waals surface area contributed by atoms with E-state index in [2.05, 4.69) is 16.7 Å². The minimum Gasteiger partial charge on any atom is -0.377 e. The first-order chi connectivity index (χ1) is 12.1. The molecule has 0 aromatic rings. The van der Waals surface area contributed by atoms with Gasteiger partial charge < -0.3 is 20.3 Å². The van der Waals surface area contributed by atoms with Gasteiger partial charge in [-0.2, -0.15) is 0 Å². The molecule has 3 aliphatic heterocycles. The second kappa shape index (κ2) is 6.72. The van der Waals surface area contributed by atoms with E-state index in [1.807, 2.05) is 11.0 Å². The molecule has 0 aromatic carbocycles. The van der Waals surface area contributed by atoms with Gasteiger partial charge in [0.1, 0.15) is 0 Å². The highest BCUT2D eigenvalue weighted by molar-refractivity contribution is 5.84. The number of nitrogens with zero attached hydrogens (tertiary/aromatic N) is 1. The molecule has 4 aliphatic rings. The van der Waals surface area contributed by atoms with E-state index < -0.39 is 0 Å². The first kappa shape index (κ1) is 17.0. The number of rotatable bonds is 0. The van der Waals surface area contributed by atoms with Crippen LogP contribution in [0.25, 0.3) is 0 Å². The maximum absolute atomic E-state index is 13.4. The molecule has 2 atom stereocenters. The third-order valence-electron chi connectivity index (χ3n) is 6.44. The lowest BCUT2D eigenvalue weighted by atomic mass is 9.82. The van der Waals surface area contributed by atoms with Crippen LogP contribution < -0.4 is 10.6 Å². The average Bonchev–Trinajstić information content (AvgIpc) is 3.07. The summed E-state index contributed by atoms with van der Waals surface area (Å²) < 4.78 is 5.57. The van der Waals surface area contributed by atoms with Gasteiger partial charge in [-0.3, -0.25) is 9.59 Å². The molecule has 0 aromatic heterocycles. The molecule has 6 heteroatoms. The summed E-state index contributed by atoms with van der Waals surface area (Å²) in [5, 5.41) is 6.59. The molecule has 2 bridgehead atoms. The average molecular weight is 347 g/mol. The molecule has 4 rings (SSSR count). The smallest absolute Gasteiger partial charge is 0.230 e. The number of amides is 2. The molecule has 2 N–H and O–H groups in total. The lowest BCUT2D eigenvalue weighted by molar-refractivity contribution is -0.140. The van der Waals surface area contributed by atoms with Crippen molar-refractivity contribution < 1.29 is 14.3 Å². The summed E-state index contributed by atoms with van der Waals surface area (Å²) in [6, 6.07) is 0.122. The van der Waals surface area contributed by atoms with Crippen LogP contribution in [0.5, 0.6) is 0 Å². The number of carbonyl (C=O) groups is 2. The standard InChI is InChI=1S/C19H29N3O3/c23-16-4-3-11-25-10-2-1-5-18(8-9-20-13-18)17(24)22-12-15(21-16)19(14-22)6-7-19/h1-2,15,20H,3-14H2,(H,21,23). The lowest BCUT2D eigenvalue weighted by Gasteiger charge is -2.31. The van der Waals surface area contributed by atoms with Gasteiger partial charge in [0.05, 0.1) is 18.1 Å². The van der Waals surface area contributed by atoms with Gasteiger partial charge in [0.2, 0.25) is 11.8 Å². The van der Waals surface area contributed by atoms with Gasteiger partial charge in [0.15, 0.2) is 0 Å². The third-order valence-corrected chi connectivity index (χ3v) is 6.44. The van der Waals surface area contributed by atoms with Crippen molar-refractivity contribution in [2.24, 2.45) is 10.8 Å². The highest BCUT2D eigenvalue weighted by atomic mass is 16.5. The van der Waals surface area contributed by atoms with Crippen LogP contribution >= 0.6 is 0 Å². The molecule has 2 amide bonds. The van der Waals surface area contributed by atoms with Gasteiger partial charge in [-0.1, -0.05) is 12.2 Å². The SMILES string of the molecule is O=C1CCCOCC=CCC2(CCNC2)C(=O)N2CC(N1)C1(CC1)C2. The van der Waals surface area contributed by atoms with E-state index in [1.165, 1.54) is 0 Å². The van der Waals surface area contributed by atoms with Crippen LogP contribution in [-0.4, -0.2) is 62.1 Å². The Kier molecular flexibility index (Phi) is 4.58. The Bertz CT molecular complexity index is 564. The Labute approximate surface area is 149 Å². The Balaban J connectivity index is 1.55. The van der Waals surface area contributed by atoms with Gasteiger partial charge in [0.25, 0.3) is 0 Å². The molecular formula is C19H29N3O3. The number of carbonyl (C=O) groups excluding carboxylic acids is 2. The molecule has 0 radical (unpaired) electrons. The number of nitrogens with one attached hydrogen (secondary N) is 2. The lowest BCUT2D eigenvalue weighted by Crippen LogP contribution is -2.46. The van der Waals surface area contributed by atoms with Crippen molar-refractivity contribution in [1.82, 2.24) is 15.5 Å². The van der Waals surface area contributed by atoms with Crippen LogP contribution in [-0.2, 0) is 14.3 Å². The van der Waals surface area contributed by atoms with E-state index in [-0.39, 0.29) is 28.7 Å². The zero-order chi connectivity index (χ0) is 17.3. The number of allylic oxidation sites excluding steroid dienone is 1. The van der Waals surface area contributed by atoms with Crippen molar-refractivity contribution in [3.63, 3.8) is 0 Å². The van der Waals surface area contributed by atoms with Crippen molar-refractivity contribution in [3.8, 4) is 0 Å². The van der Waals surface area contributed by atoms with Crippen LogP contribution in [0, 0.1) is 10.8 Å². The predicted molar refractivity (Wildman–Crippen MR) is 93.9 cm³/mol. The fourth-order valence-corrected chi connectivity index (χ4v) is 4.64. The first-order valence-corrected chi connectivity index (χ1v) is 9.66. The Hall–Kier alpha value is -1.40. The molecule has 3 heterocycles. The Morgan fingerprint density at radius 3 is 2.84 bits per heavy atom. The minimum absolute atomic E-state index is 0.0943. The second-order valence-electron chi connectivity index (χ2n) is 8.23. The van der Waals surface area contributed by atoms with E-state index in [0.29, 0.717) is 26.2 Å². The zero-order valence-electron chi connectivity index (χ0n) is 14.9. The third kappa shape index (κ3) is 3.34. The maximum atomic E-state index is 13.4. The van der Waals surface area contributed by atoms with Crippen LogP contribution in [0.3, 0.4) is 0 Å². The Morgan fingerprint density at radius 2 is 2.08 bits per heavy atom. The molecule has 138 valence electrons. The number of fused-ring (bicyclic) bond motifs is 3. The fraction of sp³-hybridized carbons (Fsp3) is 0.789. The van der Waals surface area contributed by atoms with E-state index >= 15 is 0 Å². The monoisotopic (exact) mass is 347 g/mol. The zero-order valence-corrected chi connectivity index (χ0v) is 14.9. The topological polar surface area (TPSA) is 70.7 Å². The largest absolute Gasteiger partial charge is 0.377 e. The molecule has 3 fully saturated rings. The van der Waals surface area contributed by atoms with Crippen molar-refractivity contribution in [2.45, 2.75) is 44.6 Å². The molecule has 6 nitrogen and oxygen atoms in total. The summed E-state index contributed by atoms with van der Waals surface area (Å²) in [5.41, 5.74) is -0.187. The number of hydrogen-bond acceptors (Lipinski definition) is 4. The van der Waals surface area contributed by atoms with Crippen molar-refractivity contribution in [3.05, 3.63) is 12.2 Å². The highest BCUT2D eigenvalue weighted by Gasteiger charge is 2.58. The van der Waals surface area contributed by atoms with Gasteiger partial charge in [-0.25, -0.2) is 0 Å². The molecule has 1 saturated carbocycles. The van der Waals surface area contributed by atoms with E-state index in [1.54, 1.807) is 0 Å². The molecule has 25 heavy (non-hydrogen) atoms. The highest BCUT2D eigenvalue weighted by Crippen LogP contribution is 2.53. The van der Waals surface area contributed by atoms with Gasteiger partial charge >= 0.3 is 0 Å². The Morgan fingerprint density at radius 1 is 1.20 bits per heavy atom. The van der Waals surface area contributed by atoms with Crippen molar-refractivity contribution in [1.29, 1.82) is 0 Å².